The van der Waals surface area contributed by atoms with Crippen LogP contribution < -0.4 is 5.32 Å². The molecule has 0 aliphatic heterocycles. The highest BCUT2D eigenvalue weighted by atomic mass is 32.1. The number of benzene rings is 1. The minimum Gasteiger partial charge on any atom is -0.309 e. The lowest BCUT2D eigenvalue weighted by Crippen LogP contribution is -2.27. The zero-order valence-electron chi connectivity index (χ0n) is 12.2. The van der Waals surface area contributed by atoms with E-state index in [1.54, 1.807) is 16.9 Å². The van der Waals surface area contributed by atoms with Crippen molar-refractivity contribution in [2.45, 2.75) is 45.1 Å². The van der Waals surface area contributed by atoms with Crippen LogP contribution in [0.4, 0.5) is 0 Å². The molecule has 106 valence electrons. The maximum Gasteiger partial charge on any atom is 0.0798 e. The van der Waals surface area contributed by atoms with Crippen molar-refractivity contribution in [1.82, 2.24) is 10.3 Å². The summed E-state index contributed by atoms with van der Waals surface area (Å²) in [5, 5.41) is 3.71. The number of hydrogen-bond donors (Lipinski definition) is 1. The molecule has 1 aromatic carbocycles. The molecule has 1 aromatic heterocycles. The number of nitrogens with one attached hydrogen (secondary N) is 1. The quantitative estimate of drug-likeness (QED) is 0.860. The molecule has 1 N–H and O–H groups in total. The third-order valence-electron chi connectivity index (χ3n) is 4.22. The summed E-state index contributed by atoms with van der Waals surface area (Å²) in [4.78, 5) is 5.84. The van der Waals surface area contributed by atoms with Crippen LogP contribution in [0.3, 0.4) is 0 Å². The molecule has 2 unspecified atom stereocenters. The van der Waals surface area contributed by atoms with Crippen LogP contribution in [0.2, 0.25) is 0 Å². The second kappa shape index (κ2) is 6.06. The first-order valence-corrected chi connectivity index (χ1v) is 8.38. The van der Waals surface area contributed by atoms with E-state index in [-0.39, 0.29) is 0 Å². The molecule has 0 radical (unpaired) electrons. The van der Waals surface area contributed by atoms with Crippen molar-refractivity contribution in [3.05, 3.63) is 51.5 Å². The molecule has 0 bridgehead atoms. The molecule has 0 spiro atoms. The Balaban J connectivity index is 1.73. The summed E-state index contributed by atoms with van der Waals surface area (Å²) in [5.74, 6) is 0.710. The van der Waals surface area contributed by atoms with Crippen LogP contribution in [0.5, 0.6) is 0 Å². The molecule has 0 fully saturated rings. The fraction of sp³-hybridized carbons (Fsp3) is 0.471. The van der Waals surface area contributed by atoms with Gasteiger partial charge in [-0.1, -0.05) is 31.2 Å². The number of fused-ring (bicyclic) bond motifs is 1. The summed E-state index contributed by atoms with van der Waals surface area (Å²) >= 11 is 1.79. The first kappa shape index (κ1) is 13.8. The van der Waals surface area contributed by atoms with Gasteiger partial charge in [-0.3, -0.25) is 0 Å². The standard InChI is InChI=1S/C17H22N2S/c1-3-8-18-16(17-12(2)19-11-20-17)10-14-9-13-6-4-5-7-15(13)14/h4-7,11,14,16,18H,3,8-10H2,1-2H3. The summed E-state index contributed by atoms with van der Waals surface area (Å²) in [6.07, 6.45) is 3.61. The van der Waals surface area contributed by atoms with Gasteiger partial charge in [0.1, 0.15) is 0 Å². The van der Waals surface area contributed by atoms with Gasteiger partial charge in [0, 0.05) is 10.9 Å². The number of hydrogen-bond acceptors (Lipinski definition) is 3. The number of aryl methyl sites for hydroxylation is 1. The SMILES string of the molecule is CCCNC(CC1Cc2ccccc21)c1scnc1C. The molecule has 0 amide bonds. The Labute approximate surface area is 125 Å². The molecule has 20 heavy (non-hydrogen) atoms. The predicted octanol–water partition coefficient (Wildman–Crippen LogP) is 4.22. The van der Waals surface area contributed by atoms with E-state index in [2.05, 4.69) is 48.4 Å². The Morgan fingerprint density at radius 2 is 2.25 bits per heavy atom. The average molecular weight is 286 g/mol. The van der Waals surface area contributed by atoms with E-state index in [9.17, 15) is 0 Å². The second-order valence-corrected chi connectivity index (χ2v) is 6.53. The van der Waals surface area contributed by atoms with Gasteiger partial charge in [-0.05, 0) is 49.8 Å². The number of aromatic nitrogens is 1. The van der Waals surface area contributed by atoms with Gasteiger partial charge >= 0.3 is 0 Å². The molecule has 1 aliphatic carbocycles. The normalized spacial score (nSPS) is 18.4. The van der Waals surface area contributed by atoms with Crippen molar-refractivity contribution in [1.29, 1.82) is 0 Å². The Bertz CT molecular complexity index is 576. The lowest BCUT2D eigenvalue weighted by atomic mass is 9.74. The first-order chi connectivity index (χ1) is 9.79. The highest BCUT2D eigenvalue weighted by molar-refractivity contribution is 7.09. The average Bonchev–Trinajstić information content (AvgIpc) is 2.86. The van der Waals surface area contributed by atoms with Crippen molar-refractivity contribution in [3.8, 4) is 0 Å². The molecule has 3 heteroatoms. The molecular weight excluding hydrogens is 264 g/mol. The van der Waals surface area contributed by atoms with Crippen LogP contribution in [0.15, 0.2) is 29.8 Å². The topological polar surface area (TPSA) is 24.9 Å². The first-order valence-electron chi connectivity index (χ1n) is 7.50. The van der Waals surface area contributed by atoms with Crippen LogP contribution in [0.25, 0.3) is 0 Å². The Morgan fingerprint density at radius 3 is 2.95 bits per heavy atom. The fourth-order valence-electron chi connectivity index (χ4n) is 3.10. The van der Waals surface area contributed by atoms with Crippen molar-refractivity contribution >= 4 is 11.3 Å². The summed E-state index contributed by atoms with van der Waals surface area (Å²) in [6, 6.07) is 9.32. The van der Waals surface area contributed by atoms with E-state index in [0.717, 1.165) is 6.54 Å². The zero-order valence-corrected chi connectivity index (χ0v) is 13.0. The number of rotatable bonds is 6. The van der Waals surface area contributed by atoms with Crippen LogP contribution >= 0.6 is 11.3 Å². The van der Waals surface area contributed by atoms with Gasteiger partial charge in [0.15, 0.2) is 0 Å². The van der Waals surface area contributed by atoms with Gasteiger partial charge in [-0.2, -0.15) is 0 Å². The largest absolute Gasteiger partial charge is 0.309 e. The number of thiazole rings is 1. The van der Waals surface area contributed by atoms with E-state index in [4.69, 9.17) is 0 Å². The van der Waals surface area contributed by atoms with Crippen LogP contribution in [0.1, 0.15) is 53.4 Å². The van der Waals surface area contributed by atoms with Gasteiger partial charge in [-0.15, -0.1) is 11.3 Å². The fourth-order valence-corrected chi connectivity index (χ4v) is 4.00. The van der Waals surface area contributed by atoms with Gasteiger partial charge in [0.05, 0.1) is 11.2 Å². The summed E-state index contributed by atoms with van der Waals surface area (Å²) in [5.41, 5.74) is 6.25. The maximum atomic E-state index is 4.42. The third kappa shape index (κ3) is 2.65. The van der Waals surface area contributed by atoms with E-state index in [0.29, 0.717) is 12.0 Å². The van der Waals surface area contributed by atoms with Gasteiger partial charge < -0.3 is 5.32 Å². The molecule has 0 saturated heterocycles. The number of nitrogens with zero attached hydrogens (tertiary/aromatic N) is 1. The third-order valence-corrected chi connectivity index (χ3v) is 5.27. The summed E-state index contributed by atoms with van der Waals surface area (Å²) < 4.78 is 0. The van der Waals surface area contributed by atoms with Gasteiger partial charge in [0.2, 0.25) is 0 Å². The Hall–Kier alpha value is -1.19. The van der Waals surface area contributed by atoms with Gasteiger partial charge in [0.25, 0.3) is 0 Å². The van der Waals surface area contributed by atoms with E-state index < -0.39 is 0 Å². The molecule has 3 rings (SSSR count). The predicted molar refractivity (Wildman–Crippen MR) is 85.4 cm³/mol. The van der Waals surface area contributed by atoms with Crippen LogP contribution in [0, 0.1) is 6.92 Å². The Kier molecular flexibility index (Phi) is 4.18. The van der Waals surface area contributed by atoms with Crippen molar-refractivity contribution in [3.63, 3.8) is 0 Å². The maximum absolute atomic E-state index is 4.42. The Morgan fingerprint density at radius 1 is 1.40 bits per heavy atom. The molecule has 1 heterocycles. The molecule has 1 aliphatic rings. The zero-order chi connectivity index (χ0) is 13.9. The highest BCUT2D eigenvalue weighted by Crippen LogP contribution is 2.41. The molecular formula is C17H22N2S. The smallest absolute Gasteiger partial charge is 0.0798 e. The van der Waals surface area contributed by atoms with E-state index in [1.165, 1.54) is 35.4 Å². The van der Waals surface area contributed by atoms with E-state index >= 15 is 0 Å². The molecule has 2 aromatic rings. The monoisotopic (exact) mass is 286 g/mol. The molecule has 2 atom stereocenters. The highest BCUT2D eigenvalue weighted by Gasteiger charge is 2.29. The summed E-state index contributed by atoms with van der Waals surface area (Å²) in [7, 11) is 0. The van der Waals surface area contributed by atoms with Crippen molar-refractivity contribution in [2.24, 2.45) is 0 Å². The second-order valence-electron chi connectivity index (χ2n) is 5.64. The minimum atomic E-state index is 0.459. The van der Waals surface area contributed by atoms with E-state index in [1.807, 2.05) is 5.51 Å². The van der Waals surface area contributed by atoms with Gasteiger partial charge in [-0.25, -0.2) is 4.98 Å². The lowest BCUT2D eigenvalue weighted by Gasteiger charge is -2.33. The summed E-state index contributed by atoms with van der Waals surface area (Å²) in [6.45, 7) is 5.43. The van der Waals surface area contributed by atoms with Crippen molar-refractivity contribution in [2.75, 3.05) is 6.54 Å². The van der Waals surface area contributed by atoms with Crippen LogP contribution in [-0.2, 0) is 6.42 Å². The molecule has 2 nitrogen and oxygen atoms in total. The lowest BCUT2D eigenvalue weighted by molar-refractivity contribution is 0.431. The minimum absolute atomic E-state index is 0.459. The molecule has 0 saturated carbocycles. The van der Waals surface area contributed by atoms with Crippen molar-refractivity contribution < 1.29 is 0 Å². The van der Waals surface area contributed by atoms with Crippen LogP contribution in [-0.4, -0.2) is 11.5 Å².